The summed E-state index contributed by atoms with van der Waals surface area (Å²) in [6.07, 6.45) is 14.3. The Labute approximate surface area is 257 Å². The van der Waals surface area contributed by atoms with Gasteiger partial charge in [-0.05, 0) is 75.1 Å². The molecule has 3 aliphatic rings. The lowest BCUT2D eigenvalue weighted by Crippen LogP contribution is -2.27. The maximum atomic E-state index is 11.4. The number of hydrogen-bond donors (Lipinski definition) is 1. The number of allylic oxidation sites excluding steroid dienone is 8. The Kier molecular flexibility index (Phi) is 8.81. The van der Waals surface area contributed by atoms with E-state index in [1.54, 1.807) is 6.92 Å². The fourth-order valence-corrected chi connectivity index (χ4v) is 7.71. The van der Waals surface area contributed by atoms with Crippen molar-refractivity contribution in [2.75, 3.05) is 13.1 Å². The summed E-state index contributed by atoms with van der Waals surface area (Å²) in [7, 11) is 0. The Bertz CT molecular complexity index is 1530. The van der Waals surface area contributed by atoms with Crippen LogP contribution in [0, 0.1) is 0 Å². The average molecular weight is 582 g/mol. The maximum absolute atomic E-state index is 11.4. The molecule has 1 amide bonds. The van der Waals surface area contributed by atoms with Crippen molar-refractivity contribution in [3.05, 3.63) is 111 Å². The molecule has 42 heavy (non-hydrogen) atoms. The van der Waals surface area contributed by atoms with E-state index in [1.165, 1.54) is 44.8 Å². The minimum atomic E-state index is -0.0524. The predicted octanol–water partition coefficient (Wildman–Crippen LogP) is 9.16. The van der Waals surface area contributed by atoms with Crippen molar-refractivity contribution in [1.29, 1.82) is 0 Å². The van der Waals surface area contributed by atoms with Gasteiger partial charge in [0, 0.05) is 47.5 Å². The summed E-state index contributed by atoms with van der Waals surface area (Å²) in [6.45, 7) is 14.8. The van der Waals surface area contributed by atoms with Crippen molar-refractivity contribution < 1.29 is 9.37 Å². The standard InChI is InChI=1S/C38H45ClN2O/c1-7-41-34-20-11-10-19-33(34)38(5,6)35(41)24-22-28-15-12-14-27(36(28)39)21-23-32-30(17-13-25-40-26(2)42)29-16-8-9-18-31(29)37(32,3)4/h8-11,16,18-24,30H,7,12-15,17,25H2,1-6H3/p+1/b24-22+,27-21+,32-23-. The molecule has 5 rings (SSSR count). The Hall–Kier alpha value is -3.17. The molecule has 1 N–H and O–H groups in total. The third-order valence-corrected chi connectivity index (χ3v) is 10.1. The van der Waals surface area contributed by atoms with Gasteiger partial charge in [-0.2, -0.15) is 4.58 Å². The van der Waals surface area contributed by atoms with Crippen LogP contribution in [-0.2, 0) is 15.6 Å². The number of fused-ring (bicyclic) bond motifs is 2. The van der Waals surface area contributed by atoms with Crippen molar-refractivity contribution in [1.82, 2.24) is 5.32 Å². The Morgan fingerprint density at radius 1 is 0.976 bits per heavy atom. The van der Waals surface area contributed by atoms with Crippen molar-refractivity contribution >= 4 is 28.9 Å². The molecule has 0 radical (unpaired) electrons. The molecule has 0 saturated carbocycles. The first-order valence-corrected chi connectivity index (χ1v) is 16.0. The minimum absolute atomic E-state index is 0.0352. The highest BCUT2D eigenvalue weighted by Crippen LogP contribution is 2.52. The number of para-hydroxylation sites is 1. The third-order valence-electron chi connectivity index (χ3n) is 9.63. The maximum Gasteiger partial charge on any atom is 0.216 e. The molecule has 220 valence electrons. The molecular formula is C38H46ClN2O+. The van der Waals surface area contributed by atoms with E-state index in [0.717, 1.165) is 43.7 Å². The number of benzene rings is 2. The van der Waals surface area contributed by atoms with Gasteiger partial charge in [-0.25, -0.2) is 0 Å². The molecule has 1 unspecified atom stereocenters. The first kappa shape index (κ1) is 30.3. The second-order valence-corrected chi connectivity index (χ2v) is 13.4. The van der Waals surface area contributed by atoms with Gasteiger partial charge in [-0.3, -0.25) is 4.79 Å². The van der Waals surface area contributed by atoms with Gasteiger partial charge in [0.2, 0.25) is 11.6 Å². The molecule has 0 saturated heterocycles. The summed E-state index contributed by atoms with van der Waals surface area (Å²) < 4.78 is 2.44. The summed E-state index contributed by atoms with van der Waals surface area (Å²) in [5.74, 6) is 0.378. The summed E-state index contributed by atoms with van der Waals surface area (Å²) in [5.41, 5.74) is 10.6. The minimum Gasteiger partial charge on any atom is -0.356 e. The number of carbonyl (C=O) groups is 1. The number of nitrogens with zero attached hydrogens (tertiary/aromatic N) is 1. The molecular weight excluding hydrogens is 536 g/mol. The van der Waals surface area contributed by atoms with Crippen LogP contribution >= 0.6 is 11.6 Å². The molecule has 0 bridgehead atoms. The molecule has 0 fully saturated rings. The number of hydrogen-bond acceptors (Lipinski definition) is 1. The summed E-state index contributed by atoms with van der Waals surface area (Å²) in [6, 6.07) is 17.6. The second kappa shape index (κ2) is 12.2. The topological polar surface area (TPSA) is 32.1 Å². The van der Waals surface area contributed by atoms with Crippen molar-refractivity contribution in [2.24, 2.45) is 0 Å². The quantitative estimate of drug-likeness (QED) is 0.244. The lowest BCUT2D eigenvalue weighted by molar-refractivity contribution is -0.433. The Balaban J connectivity index is 1.45. The van der Waals surface area contributed by atoms with Gasteiger partial charge >= 0.3 is 0 Å². The largest absolute Gasteiger partial charge is 0.356 e. The predicted molar refractivity (Wildman–Crippen MR) is 177 cm³/mol. The lowest BCUT2D eigenvalue weighted by Gasteiger charge is -2.25. The van der Waals surface area contributed by atoms with E-state index in [9.17, 15) is 4.79 Å². The average Bonchev–Trinajstić information content (AvgIpc) is 3.32. The van der Waals surface area contributed by atoms with Crippen LogP contribution < -0.4 is 5.32 Å². The van der Waals surface area contributed by atoms with E-state index < -0.39 is 0 Å². The van der Waals surface area contributed by atoms with Crippen LogP contribution in [0.3, 0.4) is 0 Å². The van der Waals surface area contributed by atoms with Crippen LogP contribution in [0.4, 0.5) is 5.69 Å². The summed E-state index contributed by atoms with van der Waals surface area (Å²) in [5, 5.41) is 3.87. The number of halogens is 1. The molecule has 2 aliphatic carbocycles. The van der Waals surface area contributed by atoms with Gasteiger partial charge in [0.25, 0.3) is 0 Å². The highest BCUT2D eigenvalue weighted by Gasteiger charge is 2.43. The van der Waals surface area contributed by atoms with Gasteiger partial charge in [0.15, 0.2) is 5.71 Å². The molecule has 1 aliphatic heterocycles. The number of amides is 1. The van der Waals surface area contributed by atoms with Crippen molar-refractivity contribution in [3.63, 3.8) is 0 Å². The van der Waals surface area contributed by atoms with Gasteiger partial charge in [-0.15, -0.1) is 0 Å². The van der Waals surface area contributed by atoms with E-state index in [2.05, 4.69) is 117 Å². The van der Waals surface area contributed by atoms with E-state index in [-0.39, 0.29) is 16.7 Å². The van der Waals surface area contributed by atoms with Gasteiger partial charge in [-0.1, -0.05) is 91.7 Å². The van der Waals surface area contributed by atoms with Gasteiger partial charge in [0.1, 0.15) is 6.54 Å². The molecule has 1 heterocycles. The van der Waals surface area contributed by atoms with Crippen LogP contribution in [0.15, 0.2) is 94.6 Å². The van der Waals surface area contributed by atoms with Crippen molar-refractivity contribution in [3.8, 4) is 0 Å². The SMILES string of the molecule is CC[N+]1=C(/C=C/C2=C(Cl)C(=C/C=C3/C(CCCNC(C)=O)c4ccccc4C3(C)C)/CCC2)C(C)(C)c2ccccc21. The van der Waals surface area contributed by atoms with Crippen molar-refractivity contribution in [2.45, 2.75) is 90.4 Å². The first-order valence-electron chi connectivity index (χ1n) is 15.6. The van der Waals surface area contributed by atoms with Gasteiger partial charge in [0.05, 0.1) is 5.41 Å². The number of carbonyl (C=O) groups excluding carboxylic acids is 1. The summed E-state index contributed by atoms with van der Waals surface area (Å²) in [4.78, 5) is 11.4. The molecule has 3 nitrogen and oxygen atoms in total. The number of nitrogens with one attached hydrogen (secondary N) is 1. The van der Waals surface area contributed by atoms with Crippen LogP contribution in [-0.4, -0.2) is 29.3 Å². The first-order chi connectivity index (χ1) is 20.1. The summed E-state index contributed by atoms with van der Waals surface area (Å²) >= 11 is 7.15. The fraction of sp³-hybridized carbons (Fsp3) is 0.421. The van der Waals surface area contributed by atoms with E-state index in [1.807, 2.05) is 0 Å². The second-order valence-electron chi connectivity index (χ2n) is 13.0. The zero-order chi connectivity index (χ0) is 30.1. The highest BCUT2D eigenvalue weighted by molar-refractivity contribution is 6.32. The third kappa shape index (κ3) is 5.61. The van der Waals surface area contributed by atoms with E-state index in [0.29, 0.717) is 12.5 Å². The van der Waals surface area contributed by atoms with Gasteiger partial charge < -0.3 is 5.32 Å². The monoisotopic (exact) mass is 581 g/mol. The molecule has 4 heteroatoms. The van der Waals surface area contributed by atoms with E-state index >= 15 is 0 Å². The van der Waals surface area contributed by atoms with Crippen LogP contribution in [0.1, 0.15) is 96.3 Å². The normalized spacial score (nSPS) is 22.8. The van der Waals surface area contributed by atoms with Crippen LogP contribution in [0.2, 0.25) is 0 Å². The highest BCUT2D eigenvalue weighted by atomic mass is 35.5. The molecule has 0 spiro atoms. The van der Waals surface area contributed by atoms with E-state index in [4.69, 9.17) is 11.6 Å². The molecule has 1 atom stereocenters. The fourth-order valence-electron chi connectivity index (χ4n) is 7.39. The Morgan fingerprint density at radius 2 is 1.69 bits per heavy atom. The number of rotatable bonds is 8. The zero-order valence-corrected chi connectivity index (χ0v) is 26.9. The zero-order valence-electron chi connectivity index (χ0n) is 26.2. The lowest BCUT2D eigenvalue weighted by atomic mass is 9.79. The van der Waals surface area contributed by atoms with Crippen LogP contribution in [0.5, 0.6) is 0 Å². The Morgan fingerprint density at radius 3 is 2.43 bits per heavy atom. The smallest absolute Gasteiger partial charge is 0.216 e. The molecule has 0 aromatic heterocycles. The molecule has 2 aromatic carbocycles. The molecule has 2 aromatic rings. The van der Waals surface area contributed by atoms with Crippen LogP contribution in [0.25, 0.3) is 0 Å².